The van der Waals surface area contributed by atoms with E-state index in [4.69, 9.17) is 4.55 Å². The van der Waals surface area contributed by atoms with Gasteiger partial charge in [-0.2, -0.15) is 8.42 Å². The second kappa shape index (κ2) is 7.06. The van der Waals surface area contributed by atoms with Crippen molar-refractivity contribution >= 4 is 41.9 Å². The molecule has 0 aromatic rings. The zero-order chi connectivity index (χ0) is 9.94. The summed E-state index contributed by atoms with van der Waals surface area (Å²) in [4.78, 5) is 19.7. The standard InChI is InChI=1S/C4H6O7S.2H3P/c5-3(6)1-2(4(7)8)12(9,10)11;;/h2H,1H2,(H,5,6)(H,7,8)(H,9,10,11);2*1H3. The summed E-state index contributed by atoms with van der Waals surface area (Å²) < 4.78 is 28.5. The van der Waals surface area contributed by atoms with Gasteiger partial charge >= 0.3 is 0 Å². The van der Waals surface area contributed by atoms with E-state index in [-0.39, 0.29) is 19.8 Å². The normalized spacial score (nSPS) is 11.8. The highest BCUT2D eigenvalue weighted by atomic mass is 32.2. The van der Waals surface area contributed by atoms with Crippen LogP contribution in [0, 0.1) is 0 Å². The summed E-state index contributed by atoms with van der Waals surface area (Å²) in [5.74, 6) is -4.08. The molecule has 0 amide bonds. The molecular weight excluding hydrogens is 254 g/mol. The average molecular weight is 266 g/mol. The number of carbonyl (C=O) groups is 2. The maximum atomic E-state index is 10.2. The third kappa shape index (κ3) is 7.15. The molecule has 0 fully saturated rings. The zero-order valence-corrected chi connectivity index (χ0v) is 12.4. The van der Waals surface area contributed by atoms with Gasteiger partial charge in [0, 0.05) is 12.4 Å². The Kier molecular flexibility index (Phi) is 9.74. The molecule has 0 aliphatic rings. The molecular formula is C4H12O7P2S. The first kappa shape index (κ1) is 19.3. The lowest BCUT2D eigenvalue weighted by molar-refractivity contribution is -0.314. The third-order valence-electron chi connectivity index (χ3n) is 0.975. The van der Waals surface area contributed by atoms with E-state index in [9.17, 15) is 28.2 Å². The van der Waals surface area contributed by atoms with Gasteiger partial charge in [-0.3, -0.25) is 4.55 Å². The molecule has 0 rings (SSSR count). The first-order chi connectivity index (χ1) is 5.25. The Morgan fingerprint density at radius 2 is 1.57 bits per heavy atom. The molecule has 0 heterocycles. The van der Waals surface area contributed by atoms with E-state index in [0.29, 0.717) is 0 Å². The highest BCUT2D eigenvalue weighted by Crippen LogP contribution is 2.01. The molecule has 0 bridgehead atoms. The number of carbonyl (C=O) groups excluding carboxylic acids is 2. The average Bonchev–Trinajstić information content (AvgIpc) is 1.79. The number of carboxylic acid groups (broad SMARTS) is 2. The smallest absolute Gasteiger partial charge is 0.273 e. The molecule has 0 spiro atoms. The molecule has 0 saturated carbocycles. The molecule has 0 aromatic carbocycles. The highest BCUT2D eigenvalue weighted by molar-refractivity contribution is 7.87. The lowest BCUT2D eigenvalue weighted by Gasteiger charge is -2.14. The van der Waals surface area contributed by atoms with Gasteiger partial charge in [-0.25, -0.2) is 0 Å². The monoisotopic (exact) mass is 266 g/mol. The molecule has 3 atom stereocenters. The SMILES string of the molecule is O=C([O-])CC(C(=O)[O-])S(=O)(=O)O.[PH4+].[PH4+]. The molecule has 0 radical (unpaired) electrons. The second-order valence-corrected chi connectivity index (χ2v) is 3.50. The van der Waals surface area contributed by atoms with Crippen LogP contribution in [0.5, 0.6) is 0 Å². The number of rotatable bonds is 4. The van der Waals surface area contributed by atoms with Gasteiger partial charge in [0.1, 0.15) is 5.25 Å². The predicted molar refractivity (Wildman–Crippen MR) is 55.0 cm³/mol. The summed E-state index contributed by atoms with van der Waals surface area (Å²) in [6.45, 7) is 0. The minimum atomic E-state index is -4.94. The number of aliphatic carboxylic acids is 2. The molecule has 1 N–H and O–H groups in total. The van der Waals surface area contributed by atoms with Gasteiger partial charge in [0.2, 0.25) is 0 Å². The zero-order valence-electron chi connectivity index (χ0n) is 7.59. The fourth-order valence-corrected chi connectivity index (χ4v) is 1.05. The lowest BCUT2D eigenvalue weighted by Crippen LogP contribution is -2.44. The first-order valence-electron chi connectivity index (χ1n) is 2.62. The molecule has 0 aromatic heterocycles. The van der Waals surface area contributed by atoms with Crippen LogP contribution in [-0.2, 0) is 19.7 Å². The Labute approximate surface area is 86.9 Å². The van der Waals surface area contributed by atoms with Crippen LogP contribution in [0.15, 0.2) is 0 Å². The van der Waals surface area contributed by atoms with E-state index in [1.807, 2.05) is 0 Å². The van der Waals surface area contributed by atoms with Crippen LogP contribution in [-0.4, -0.2) is 30.2 Å². The number of hydrogen-bond acceptors (Lipinski definition) is 6. The van der Waals surface area contributed by atoms with E-state index in [0.717, 1.165) is 0 Å². The van der Waals surface area contributed by atoms with Gasteiger partial charge in [0.05, 0.1) is 5.97 Å². The van der Waals surface area contributed by atoms with Gasteiger partial charge in [-0.1, -0.05) is 0 Å². The Balaban J connectivity index is -0.000000605. The molecule has 7 nitrogen and oxygen atoms in total. The van der Waals surface area contributed by atoms with Gasteiger partial charge in [-0.05, 0) is 19.8 Å². The fourth-order valence-electron chi connectivity index (χ4n) is 0.462. The highest BCUT2D eigenvalue weighted by Gasteiger charge is 2.24. The Morgan fingerprint density at radius 1 is 1.21 bits per heavy atom. The maximum Gasteiger partial charge on any atom is 0.273 e. The minimum absolute atomic E-state index is 0. The lowest BCUT2D eigenvalue weighted by atomic mass is 10.3. The van der Waals surface area contributed by atoms with Gasteiger partial charge in [0.15, 0.2) is 0 Å². The van der Waals surface area contributed by atoms with Crippen molar-refractivity contribution in [1.29, 1.82) is 0 Å². The number of carboxylic acids is 2. The second-order valence-electron chi connectivity index (χ2n) is 1.90. The van der Waals surface area contributed by atoms with E-state index < -0.39 is 33.7 Å². The van der Waals surface area contributed by atoms with Crippen molar-refractivity contribution < 1.29 is 32.8 Å². The van der Waals surface area contributed by atoms with Gasteiger partial charge in [-0.15, -0.1) is 0 Å². The minimum Gasteiger partial charge on any atom is -0.550 e. The quantitative estimate of drug-likeness (QED) is 0.401. The Morgan fingerprint density at radius 3 is 1.64 bits per heavy atom. The van der Waals surface area contributed by atoms with Crippen molar-refractivity contribution in [1.82, 2.24) is 0 Å². The summed E-state index contributed by atoms with van der Waals surface area (Å²) in [7, 11) is -4.94. The van der Waals surface area contributed by atoms with Crippen molar-refractivity contribution in [2.75, 3.05) is 0 Å². The van der Waals surface area contributed by atoms with Crippen molar-refractivity contribution in [3.05, 3.63) is 0 Å². The van der Waals surface area contributed by atoms with Crippen molar-refractivity contribution in [2.45, 2.75) is 11.7 Å². The predicted octanol–water partition coefficient (Wildman–Crippen LogP) is -4.29. The topological polar surface area (TPSA) is 135 Å². The molecule has 10 heteroatoms. The van der Waals surface area contributed by atoms with Crippen LogP contribution >= 0.6 is 19.8 Å². The number of hydrogen-bond donors (Lipinski definition) is 1. The van der Waals surface area contributed by atoms with Crippen LogP contribution in [0.4, 0.5) is 0 Å². The van der Waals surface area contributed by atoms with Crippen molar-refractivity contribution in [2.24, 2.45) is 0 Å². The van der Waals surface area contributed by atoms with Gasteiger partial charge < -0.3 is 19.8 Å². The van der Waals surface area contributed by atoms with Crippen LogP contribution in [0.1, 0.15) is 6.42 Å². The summed E-state index contributed by atoms with van der Waals surface area (Å²) in [5, 5.41) is 17.3. The summed E-state index contributed by atoms with van der Waals surface area (Å²) >= 11 is 0. The van der Waals surface area contributed by atoms with Crippen LogP contribution in [0.25, 0.3) is 0 Å². The summed E-state index contributed by atoms with van der Waals surface area (Å²) in [5.41, 5.74) is 0. The molecule has 0 aliphatic carbocycles. The van der Waals surface area contributed by atoms with Crippen molar-refractivity contribution in [3.63, 3.8) is 0 Å². The van der Waals surface area contributed by atoms with Crippen molar-refractivity contribution in [3.8, 4) is 0 Å². The molecule has 86 valence electrons. The summed E-state index contributed by atoms with van der Waals surface area (Å²) in [6.07, 6.45) is -1.33. The van der Waals surface area contributed by atoms with Crippen LogP contribution < -0.4 is 10.2 Å². The van der Waals surface area contributed by atoms with E-state index in [1.165, 1.54) is 0 Å². The fraction of sp³-hybridized carbons (Fsp3) is 0.500. The summed E-state index contributed by atoms with van der Waals surface area (Å²) in [6, 6.07) is 0. The van der Waals surface area contributed by atoms with E-state index in [2.05, 4.69) is 0 Å². The largest absolute Gasteiger partial charge is 0.550 e. The first-order valence-corrected chi connectivity index (χ1v) is 4.12. The Hall–Kier alpha value is -0.290. The molecule has 0 saturated heterocycles. The van der Waals surface area contributed by atoms with Gasteiger partial charge in [0.25, 0.3) is 10.1 Å². The Bertz CT molecular complexity index is 297. The third-order valence-corrected chi connectivity index (χ3v) is 2.05. The molecule has 14 heavy (non-hydrogen) atoms. The van der Waals surface area contributed by atoms with Crippen LogP contribution in [0.3, 0.4) is 0 Å². The van der Waals surface area contributed by atoms with Crippen LogP contribution in [0.2, 0.25) is 0 Å². The maximum absolute atomic E-state index is 10.2. The molecule has 0 aliphatic heterocycles. The van der Waals surface area contributed by atoms with E-state index in [1.54, 1.807) is 0 Å². The molecule has 3 unspecified atom stereocenters. The van der Waals surface area contributed by atoms with E-state index >= 15 is 0 Å².